The van der Waals surface area contributed by atoms with Gasteiger partial charge in [-0.1, -0.05) is 66.7 Å². The van der Waals surface area contributed by atoms with Gasteiger partial charge in [0.25, 0.3) is 0 Å². The SMILES string of the molecule is CCN(CC)c1nc(NN=Cc2c3ccccc3cc3ccccc23)nc(Nc2ccccc2)n1. The van der Waals surface area contributed by atoms with Crippen LogP contribution in [0, 0.1) is 0 Å². The number of benzene rings is 4. The summed E-state index contributed by atoms with van der Waals surface area (Å²) in [7, 11) is 0. The van der Waals surface area contributed by atoms with Crippen molar-refractivity contribution in [3.63, 3.8) is 0 Å². The van der Waals surface area contributed by atoms with Crippen LogP contribution in [0.25, 0.3) is 21.5 Å². The summed E-state index contributed by atoms with van der Waals surface area (Å²) in [6.45, 7) is 5.73. The molecule has 4 aromatic carbocycles. The fourth-order valence-electron chi connectivity index (χ4n) is 4.11. The highest BCUT2D eigenvalue weighted by atomic mass is 15.4. The first-order valence-corrected chi connectivity index (χ1v) is 11.8. The van der Waals surface area contributed by atoms with E-state index in [1.54, 1.807) is 0 Å². The second-order valence-corrected chi connectivity index (χ2v) is 8.05. The number of para-hydroxylation sites is 1. The first-order valence-electron chi connectivity index (χ1n) is 11.8. The Morgan fingerprint density at radius 2 is 1.34 bits per heavy atom. The fraction of sp³-hybridized carbons (Fsp3) is 0.143. The van der Waals surface area contributed by atoms with Crippen molar-refractivity contribution in [1.29, 1.82) is 0 Å². The van der Waals surface area contributed by atoms with Crippen molar-refractivity contribution in [1.82, 2.24) is 15.0 Å². The number of nitrogens with zero attached hydrogens (tertiary/aromatic N) is 5. The van der Waals surface area contributed by atoms with Crippen molar-refractivity contribution in [3.8, 4) is 0 Å². The number of aromatic nitrogens is 3. The van der Waals surface area contributed by atoms with Crippen LogP contribution in [0.15, 0.2) is 90.0 Å². The van der Waals surface area contributed by atoms with Crippen molar-refractivity contribution >= 4 is 51.3 Å². The van der Waals surface area contributed by atoms with Gasteiger partial charge in [-0.25, -0.2) is 5.43 Å². The van der Waals surface area contributed by atoms with Gasteiger partial charge in [0.2, 0.25) is 17.8 Å². The van der Waals surface area contributed by atoms with Crippen LogP contribution in [0.5, 0.6) is 0 Å². The third-order valence-corrected chi connectivity index (χ3v) is 5.87. The van der Waals surface area contributed by atoms with Gasteiger partial charge in [-0.2, -0.15) is 20.1 Å². The zero-order valence-corrected chi connectivity index (χ0v) is 19.8. The Bertz CT molecular complexity index is 1420. The van der Waals surface area contributed by atoms with Gasteiger partial charge in [0.1, 0.15) is 0 Å². The lowest BCUT2D eigenvalue weighted by Crippen LogP contribution is -2.25. The Morgan fingerprint density at radius 1 is 0.743 bits per heavy atom. The molecular weight excluding hydrogens is 434 g/mol. The molecule has 0 saturated heterocycles. The lowest BCUT2D eigenvalue weighted by Gasteiger charge is -2.19. The van der Waals surface area contributed by atoms with Crippen LogP contribution in [-0.2, 0) is 0 Å². The molecule has 0 amide bonds. The molecule has 0 aliphatic heterocycles. The first-order chi connectivity index (χ1) is 17.2. The minimum absolute atomic E-state index is 0.376. The first kappa shape index (κ1) is 22.3. The summed E-state index contributed by atoms with van der Waals surface area (Å²) >= 11 is 0. The third-order valence-electron chi connectivity index (χ3n) is 5.87. The van der Waals surface area contributed by atoms with Crippen LogP contribution >= 0.6 is 0 Å². The molecule has 0 radical (unpaired) electrons. The average molecular weight is 462 g/mol. The standard InChI is InChI=1S/C28H27N7/c1-3-35(4-2)28-32-26(30-22-14-6-5-7-15-22)31-27(33-28)34-29-19-25-23-16-10-8-12-20(23)18-21-13-9-11-17-24(21)25/h5-19H,3-4H2,1-2H3,(H2,30,31,32,33,34). The van der Waals surface area contributed by atoms with Crippen LogP contribution in [0.2, 0.25) is 0 Å². The molecule has 1 heterocycles. The van der Waals surface area contributed by atoms with E-state index in [4.69, 9.17) is 0 Å². The fourth-order valence-corrected chi connectivity index (χ4v) is 4.11. The van der Waals surface area contributed by atoms with Crippen LogP contribution in [0.4, 0.5) is 23.5 Å². The maximum atomic E-state index is 4.62. The number of nitrogens with one attached hydrogen (secondary N) is 2. The molecule has 0 saturated carbocycles. The zero-order valence-electron chi connectivity index (χ0n) is 19.8. The van der Waals surface area contributed by atoms with E-state index >= 15 is 0 Å². The van der Waals surface area contributed by atoms with Gasteiger partial charge in [-0.15, -0.1) is 0 Å². The summed E-state index contributed by atoms with van der Waals surface area (Å²) in [5.74, 6) is 1.43. The van der Waals surface area contributed by atoms with Gasteiger partial charge in [0.05, 0.1) is 6.21 Å². The predicted octanol–water partition coefficient (Wildman–Crippen LogP) is 6.21. The number of hydrazone groups is 1. The summed E-state index contributed by atoms with van der Waals surface area (Å²) in [4.78, 5) is 15.9. The Kier molecular flexibility index (Phi) is 6.48. The molecule has 35 heavy (non-hydrogen) atoms. The smallest absolute Gasteiger partial charge is 0.250 e. The van der Waals surface area contributed by atoms with Gasteiger partial charge in [-0.05, 0) is 53.6 Å². The van der Waals surface area contributed by atoms with Crippen LogP contribution in [0.1, 0.15) is 19.4 Å². The van der Waals surface area contributed by atoms with Crippen molar-refractivity contribution < 1.29 is 0 Å². The molecule has 0 aliphatic carbocycles. The molecule has 5 rings (SSSR count). The molecule has 0 fully saturated rings. The average Bonchev–Trinajstić information content (AvgIpc) is 2.89. The number of hydrogen-bond donors (Lipinski definition) is 2. The van der Waals surface area contributed by atoms with Gasteiger partial charge < -0.3 is 10.2 Å². The minimum Gasteiger partial charge on any atom is -0.341 e. The largest absolute Gasteiger partial charge is 0.341 e. The highest BCUT2D eigenvalue weighted by Gasteiger charge is 2.12. The van der Waals surface area contributed by atoms with Crippen LogP contribution in [-0.4, -0.2) is 34.3 Å². The molecule has 5 aromatic rings. The second-order valence-electron chi connectivity index (χ2n) is 8.05. The quantitative estimate of drug-likeness (QED) is 0.162. The van der Waals surface area contributed by atoms with Crippen molar-refractivity contribution in [2.45, 2.75) is 13.8 Å². The van der Waals surface area contributed by atoms with E-state index in [1.165, 1.54) is 10.8 Å². The van der Waals surface area contributed by atoms with E-state index < -0.39 is 0 Å². The predicted molar refractivity (Wildman–Crippen MR) is 146 cm³/mol. The molecule has 0 atom stereocenters. The maximum Gasteiger partial charge on any atom is 0.250 e. The van der Waals surface area contributed by atoms with Crippen molar-refractivity contribution in [2.24, 2.45) is 5.10 Å². The highest BCUT2D eigenvalue weighted by Crippen LogP contribution is 2.27. The topological polar surface area (TPSA) is 78.3 Å². The Hall–Kier alpha value is -4.52. The molecule has 7 nitrogen and oxygen atoms in total. The van der Waals surface area contributed by atoms with Crippen LogP contribution < -0.4 is 15.6 Å². The van der Waals surface area contributed by atoms with E-state index in [0.717, 1.165) is 35.1 Å². The number of fused-ring (bicyclic) bond motifs is 2. The van der Waals surface area contributed by atoms with Crippen molar-refractivity contribution in [2.75, 3.05) is 28.7 Å². The van der Waals surface area contributed by atoms with Crippen molar-refractivity contribution in [3.05, 3.63) is 90.5 Å². The Labute approximate surface area is 204 Å². The molecule has 0 aliphatic rings. The highest BCUT2D eigenvalue weighted by molar-refractivity contribution is 6.13. The van der Waals surface area contributed by atoms with Gasteiger partial charge >= 0.3 is 0 Å². The van der Waals surface area contributed by atoms with Crippen LogP contribution in [0.3, 0.4) is 0 Å². The molecule has 2 N–H and O–H groups in total. The minimum atomic E-state index is 0.376. The summed E-state index contributed by atoms with van der Waals surface area (Å²) < 4.78 is 0. The number of rotatable bonds is 8. The summed E-state index contributed by atoms with van der Waals surface area (Å²) in [6.07, 6.45) is 1.84. The lowest BCUT2D eigenvalue weighted by molar-refractivity contribution is 0.814. The number of hydrogen-bond acceptors (Lipinski definition) is 7. The van der Waals surface area contributed by atoms with Gasteiger partial charge in [0, 0.05) is 24.3 Å². The summed E-state index contributed by atoms with van der Waals surface area (Å²) in [5.41, 5.74) is 4.98. The molecule has 0 bridgehead atoms. The lowest BCUT2D eigenvalue weighted by atomic mass is 9.97. The van der Waals surface area contributed by atoms with Gasteiger partial charge in [0.15, 0.2) is 0 Å². The molecular formula is C28H27N7. The monoisotopic (exact) mass is 461 g/mol. The molecule has 0 spiro atoms. The molecule has 7 heteroatoms. The normalized spacial score (nSPS) is 11.3. The molecule has 1 aromatic heterocycles. The van der Waals surface area contributed by atoms with E-state index in [2.05, 4.69) is 92.0 Å². The Balaban J connectivity index is 1.50. The van der Waals surface area contributed by atoms with E-state index in [9.17, 15) is 0 Å². The third kappa shape index (κ3) is 4.89. The van der Waals surface area contributed by atoms with Gasteiger partial charge in [-0.3, -0.25) is 0 Å². The summed E-state index contributed by atoms with van der Waals surface area (Å²) in [6, 6.07) is 28.7. The second kappa shape index (κ2) is 10.2. The summed E-state index contributed by atoms with van der Waals surface area (Å²) in [5, 5.41) is 12.4. The Morgan fingerprint density at radius 3 is 2.00 bits per heavy atom. The zero-order chi connectivity index (χ0) is 24.0. The van der Waals surface area contributed by atoms with E-state index in [0.29, 0.717) is 17.8 Å². The molecule has 174 valence electrons. The maximum absolute atomic E-state index is 4.62. The van der Waals surface area contributed by atoms with E-state index in [1.807, 2.05) is 48.7 Å². The molecule has 0 unspecified atom stereocenters. The van der Waals surface area contributed by atoms with E-state index in [-0.39, 0.29) is 0 Å². The number of anilines is 4.